The van der Waals surface area contributed by atoms with Crippen molar-refractivity contribution in [3.05, 3.63) is 65.4 Å². The fraction of sp³-hybridized carbons (Fsp3) is 0.348. The Morgan fingerprint density at radius 1 is 1.11 bits per heavy atom. The maximum atomic E-state index is 12.3. The van der Waals surface area contributed by atoms with E-state index in [-0.39, 0.29) is 18.2 Å². The molecule has 3 aromatic rings. The largest absolute Gasteiger partial charge is 0.491 e. The van der Waals surface area contributed by atoms with E-state index in [2.05, 4.69) is 34.7 Å². The van der Waals surface area contributed by atoms with Crippen LogP contribution in [0.1, 0.15) is 43.6 Å². The molecule has 28 heavy (non-hydrogen) atoms. The molecule has 0 saturated carbocycles. The van der Waals surface area contributed by atoms with Gasteiger partial charge in [-0.1, -0.05) is 30.3 Å². The van der Waals surface area contributed by atoms with Crippen LogP contribution in [-0.4, -0.2) is 23.7 Å². The molecule has 0 aliphatic rings. The molecule has 1 aromatic heterocycles. The van der Waals surface area contributed by atoms with E-state index >= 15 is 0 Å². The maximum absolute atomic E-state index is 12.3. The summed E-state index contributed by atoms with van der Waals surface area (Å²) in [6.07, 6.45) is 0.907. The number of aromatic amines is 1. The molecule has 2 amide bonds. The first-order valence-electron chi connectivity index (χ1n) is 9.81. The Kier molecular flexibility index (Phi) is 6.24. The minimum atomic E-state index is -0.167. The third-order valence-electron chi connectivity index (χ3n) is 4.77. The summed E-state index contributed by atoms with van der Waals surface area (Å²) in [6, 6.07) is 15.8. The molecule has 1 atom stereocenters. The molecule has 0 bridgehead atoms. The monoisotopic (exact) mass is 379 g/mol. The number of carbonyl (C=O) groups is 1. The van der Waals surface area contributed by atoms with Gasteiger partial charge in [0.1, 0.15) is 5.75 Å². The van der Waals surface area contributed by atoms with Gasteiger partial charge in [0.2, 0.25) is 0 Å². The van der Waals surface area contributed by atoms with E-state index in [4.69, 9.17) is 4.74 Å². The molecular formula is C23H29N3O2. The van der Waals surface area contributed by atoms with Gasteiger partial charge in [-0.15, -0.1) is 0 Å². The summed E-state index contributed by atoms with van der Waals surface area (Å²) in [4.78, 5) is 15.7. The fourth-order valence-electron chi connectivity index (χ4n) is 3.42. The number of H-pyrrole nitrogens is 1. The Morgan fingerprint density at radius 2 is 1.89 bits per heavy atom. The number of aryl methyl sites for hydroxylation is 1. The molecule has 0 aliphatic heterocycles. The van der Waals surface area contributed by atoms with Crippen LogP contribution in [0, 0.1) is 6.92 Å². The van der Waals surface area contributed by atoms with Crippen molar-refractivity contribution in [1.29, 1.82) is 0 Å². The van der Waals surface area contributed by atoms with Gasteiger partial charge in [-0.3, -0.25) is 0 Å². The first-order valence-corrected chi connectivity index (χ1v) is 9.81. The molecule has 0 fully saturated rings. The second-order valence-corrected chi connectivity index (χ2v) is 7.39. The minimum absolute atomic E-state index is 0.106. The molecule has 0 aliphatic carbocycles. The van der Waals surface area contributed by atoms with Crippen molar-refractivity contribution in [3.8, 4) is 5.75 Å². The first-order chi connectivity index (χ1) is 13.4. The third kappa shape index (κ3) is 4.85. The van der Waals surface area contributed by atoms with Crippen LogP contribution in [0.25, 0.3) is 10.9 Å². The van der Waals surface area contributed by atoms with E-state index in [0.717, 1.165) is 28.9 Å². The highest BCUT2D eigenvalue weighted by atomic mass is 16.5. The predicted molar refractivity (Wildman–Crippen MR) is 114 cm³/mol. The number of rotatable bonds is 7. The van der Waals surface area contributed by atoms with Crippen molar-refractivity contribution in [3.63, 3.8) is 0 Å². The van der Waals surface area contributed by atoms with Crippen LogP contribution in [0.5, 0.6) is 5.75 Å². The number of nitrogens with one attached hydrogen (secondary N) is 3. The average molecular weight is 380 g/mol. The minimum Gasteiger partial charge on any atom is -0.491 e. The number of benzene rings is 2. The van der Waals surface area contributed by atoms with Crippen LogP contribution >= 0.6 is 0 Å². The van der Waals surface area contributed by atoms with Gasteiger partial charge < -0.3 is 20.4 Å². The molecule has 5 heteroatoms. The molecule has 148 valence electrons. The zero-order valence-electron chi connectivity index (χ0n) is 17.0. The Hall–Kier alpha value is -2.95. The quantitative estimate of drug-likeness (QED) is 0.548. The van der Waals surface area contributed by atoms with Crippen LogP contribution < -0.4 is 15.4 Å². The number of hydrogen-bond donors (Lipinski definition) is 3. The maximum Gasteiger partial charge on any atom is 0.315 e. The van der Waals surface area contributed by atoms with E-state index < -0.39 is 0 Å². The zero-order chi connectivity index (χ0) is 20.1. The van der Waals surface area contributed by atoms with Crippen molar-refractivity contribution in [2.75, 3.05) is 6.54 Å². The van der Waals surface area contributed by atoms with Gasteiger partial charge in [0.05, 0.1) is 12.1 Å². The lowest BCUT2D eigenvalue weighted by Gasteiger charge is -2.17. The van der Waals surface area contributed by atoms with E-state index in [1.165, 1.54) is 10.9 Å². The number of carbonyl (C=O) groups excluding carboxylic acids is 1. The summed E-state index contributed by atoms with van der Waals surface area (Å²) in [5.41, 5.74) is 4.55. The molecule has 0 saturated heterocycles. The summed E-state index contributed by atoms with van der Waals surface area (Å²) in [5, 5.41) is 7.18. The normalized spacial score (nSPS) is 12.2. The zero-order valence-corrected chi connectivity index (χ0v) is 17.0. The van der Waals surface area contributed by atoms with Crippen molar-refractivity contribution in [1.82, 2.24) is 15.6 Å². The summed E-state index contributed by atoms with van der Waals surface area (Å²) in [7, 11) is 0. The fourth-order valence-corrected chi connectivity index (χ4v) is 3.42. The number of urea groups is 1. The first kappa shape index (κ1) is 19.8. The van der Waals surface area contributed by atoms with Crippen LogP contribution in [-0.2, 0) is 6.42 Å². The van der Waals surface area contributed by atoms with Gasteiger partial charge in [-0.25, -0.2) is 4.79 Å². The second kappa shape index (κ2) is 8.83. The number of aromatic nitrogens is 1. The van der Waals surface area contributed by atoms with Crippen LogP contribution in [0.4, 0.5) is 4.79 Å². The van der Waals surface area contributed by atoms with E-state index in [9.17, 15) is 4.79 Å². The smallest absolute Gasteiger partial charge is 0.315 e. The van der Waals surface area contributed by atoms with Gasteiger partial charge in [-0.2, -0.15) is 0 Å². The van der Waals surface area contributed by atoms with Gasteiger partial charge in [0.15, 0.2) is 0 Å². The third-order valence-corrected chi connectivity index (χ3v) is 4.77. The lowest BCUT2D eigenvalue weighted by Crippen LogP contribution is -2.38. The molecule has 1 heterocycles. The van der Waals surface area contributed by atoms with E-state index in [1.54, 1.807) is 0 Å². The lowest BCUT2D eigenvalue weighted by atomic mass is 10.1. The number of amides is 2. The summed E-state index contributed by atoms with van der Waals surface area (Å²) in [5.74, 6) is 0.816. The Balaban J connectivity index is 1.53. The SMILES string of the molecule is Cc1[nH]c2ccccc2c1CCNC(=O)NC(C)c1cccc(OC(C)C)c1. The predicted octanol–water partition coefficient (Wildman–Crippen LogP) is 4.87. The van der Waals surface area contributed by atoms with Crippen LogP contribution in [0.3, 0.4) is 0 Å². The number of para-hydroxylation sites is 1. The van der Waals surface area contributed by atoms with Crippen molar-refractivity contribution >= 4 is 16.9 Å². The van der Waals surface area contributed by atoms with Gasteiger partial charge in [0.25, 0.3) is 0 Å². The molecule has 0 spiro atoms. The topological polar surface area (TPSA) is 66.2 Å². The van der Waals surface area contributed by atoms with Gasteiger partial charge in [0, 0.05) is 23.1 Å². The highest BCUT2D eigenvalue weighted by Crippen LogP contribution is 2.22. The van der Waals surface area contributed by atoms with Gasteiger partial charge >= 0.3 is 6.03 Å². The molecular weight excluding hydrogens is 350 g/mol. The summed E-state index contributed by atoms with van der Waals surface area (Å²) < 4.78 is 5.73. The van der Waals surface area contributed by atoms with Crippen LogP contribution in [0.2, 0.25) is 0 Å². The molecule has 3 rings (SSSR count). The highest BCUT2D eigenvalue weighted by molar-refractivity contribution is 5.84. The van der Waals surface area contributed by atoms with Crippen LogP contribution in [0.15, 0.2) is 48.5 Å². The summed E-state index contributed by atoms with van der Waals surface area (Å²) in [6.45, 7) is 8.62. The standard InChI is InChI=1S/C23H29N3O2/c1-15(2)28-19-9-7-8-18(14-19)16(3)26-23(27)24-13-12-20-17(4)25-22-11-6-5-10-21(20)22/h5-11,14-16,25H,12-13H2,1-4H3,(H2,24,26,27). The molecule has 0 radical (unpaired) electrons. The van der Waals surface area contributed by atoms with E-state index in [0.29, 0.717) is 6.54 Å². The number of fused-ring (bicyclic) bond motifs is 1. The van der Waals surface area contributed by atoms with Crippen molar-refractivity contribution in [2.24, 2.45) is 0 Å². The van der Waals surface area contributed by atoms with Crippen molar-refractivity contribution < 1.29 is 9.53 Å². The Morgan fingerprint density at radius 3 is 2.68 bits per heavy atom. The highest BCUT2D eigenvalue weighted by Gasteiger charge is 2.12. The lowest BCUT2D eigenvalue weighted by molar-refractivity contribution is 0.237. The number of hydrogen-bond acceptors (Lipinski definition) is 2. The van der Waals surface area contributed by atoms with Crippen molar-refractivity contribution in [2.45, 2.75) is 46.3 Å². The molecule has 1 unspecified atom stereocenters. The van der Waals surface area contributed by atoms with Gasteiger partial charge in [-0.05, 0) is 63.4 Å². The molecule has 5 nitrogen and oxygen atoms in total. The average Bonchev–Trinajstić information content (AvgIpc) is 2.97. The molecule has 3 N–H and O–H groups in total. The Labute approximate surface area is 166 Å². The summed E-state index contributed by atoms with van der Waals surface area (Å²) >= 11 is 0. The molecule has 2 aromatic carbocycles. The van der Waals surface area contributed by atoms with E-state index in [1.807, 2.05) is 57.2 Å². The second-order valence-electron chi connectivity index (χ2n) is 7.39. The Bertz CT molecular complexity index is 946. The number of ether oxygens (including phenoxy) is 1.